The van der Waals surface area contributed by atoms with Gasteiger partial charge in [0, 0.05) is 11.9 Å². The van der Waals surface area contributed by atoms with E-state index in [1.165, 1.54) is 7.11 Å². The Morgan fingerprint density at radius 1 is 1.08 bits per heavy atom. The number of halogens is 1. The van der Waals surface area contributed by atoms with Gasteiger partial charge in [-0.05, 0) is 36.4 Å². The molecule has 0 saturated carbocycles. The number of esters is 1. The van der Waals surface area contributed by atoms with E-state index in [4.69, 9.17) is 16.3 Å². The zero-order valence-electron chi connectivity index (χ0n) is 13.4. The van der Waals surface area contributed by atoms with Crippen LogP contribution in [0.2, 0.25) is 5.02 Å². The van der Waals surface area contributed by atoms with Crippen LogP contribution in [0.15, 0.2) is 60.8 Å². The number of para-hydroxylation sites is 1. The number of aromatic nitrogens is 2. The van der Waals surface area contributed by atoms with Crippen molar-refractivity contribution < 1.29 is 9.53 Å². The SMILES string of the molecule is COC(=O)c1cccc(Nc2nccc(Nc3ccccc3Cl)n2)c1. The summed E-state index contributed by atoms with van der Waals surface area (Å²) in [6.07, 6.45) is 1.62. The maximum atomic E-state index is 11.6. The summed E-state index contributed by atoms with van der Waals surface area (Å²) >= 11 is 6.14. The number of hydrogen-bond acceptors (Lipinski definition) is 6. The average Bonchev–Trinajstić information content (AvgIpc) is 2.63. The second-order valence-electron chi connectivity index (χ2n) is 5.07. The minimum atomic E-state index is -0.404. The third kappa shape index (κ3) is 4.24. The smallest absolute Gasteiger partial charge is 0.337 e. The van der Waals surface area contributed by atoms with Gasteiger partial charge in [0.05, 0.1) is 23.4 Å². The van der Waals surface area contributed by atoms with Gasteiger partial charge in [0.1, 0.15) is 5.82 Å². The molecule has 126 valence electrons. The molecule has 2 aromatic carbocycles. The highest BCUT2D eigenvalue weighted by molar-refractivity contribution is 6.33. The van der Waals surface area contributed by atoms with Gasteiger partial charge in [0.15, 0.2) is 0 Å². The number of ether oxygens (including phenoxy) is 1. The van der Waals surface area contributed by atoms with Crippen molar-refractivity contribution in [1.29, 1.82) is 0 Å². The van der Waals surface area contributed by atoms with Crippen molar-refractivity contribution in [3.05, 3.63) is 71.4 Å². The lowest BCUT2D eigenvalue weighted by Crippen LogP contribution is -2.03. The first kappa shape index (κ1) is 16.7. The number of methoxy groups -OCH3 is 1. The molecule has 0 aliphatic carbocycles. The summed E-state index contributed by atoms with van der Waals surface area (Å²) in [7, 11) is 1.34. The van der Waals surface area contributed by atoms with Crippen LogP contribution in [0.4, 0.5) is 23.1 Å². The van der Waals surface area contributed by atoms with Gasteiger partial charge >= 0.3 is 5.97 Å². The van der Waals surface area contributed by atoms with Gasteiger partial charge in [-0.3, -0.25) is 0 Å². The molecule has 3 aromatic rings. The molecule has 1 heterocycles. The van der Waals surface area contributed by atoms with Gasteiger partial charge in [0.2, 0.25) is 5.95 Å². The first-order chi connectivity index (χ1) is 12.2. The molecule has 0 fully saturated rings. The molecule has 1 aromatic heterocycles. The standard InChI is InChI=1S/C18H15ClN4O2/c1-25-17(24)12-5-4-6-13(11-12)21-18-20-10-9-16(23-18)22-15-8-3-2-7-14(15)19/h2-11H,1H3,(H2,20,21,22,23). The van der Waals surface area contributed by atoms with Gasteiger partial charge in [-0.1, -0.05) is 29.8 Å². The van der Waals surface area contributed by atoms with Gasteiger partial charge < -0.3 is 15.4 Å². The third-order valence-corrected chi connectivity index (χ3v) is 3.66. The van der Waals surface area contributed by atoms with Gasteiger partial charge in [-0.15, -0.1) is 0 Å². The van der Waals surface area contributed by atoms with Crippen molar-refractivity contribution in [3.8, 4) is 0 Å². The van der Waals surface area contributed by atoms with E-state index in [0.29, 0.717) is 28.0 Å². The van der Waals surface area contributed by atoms with Crippen LogP contribution in [-0.2, 0) is 4.74 Å². The normalized spacial score (nSPS) is 10.2. The zero-order chi connectivity index (χ0) is 17.6. The predicted octanol–water partition coefficient (Wildman–Crippen LogP) is 4.40. The highest BCUT2D eigenvalue weighted by Gasteiger charge is 2.07. The van der Waals surface area contributed by atoms with Crippen LogP contribution in [0.25, 0.3) is 0 Å². The molecule has 0 spiro atoms. The summed E-state index contributed by atoms with van der Waals surface area (Å²) in [4.78, 5) is 20.2. The molecule has 7 heteroatoms. The van der Waals surface area contributed by atoms with E-state index in [9.17, 15) is 4.79 Å². The van der Waals surface area contributed by atoms with E-state index >= 15 is 0 Å². The fraction of sp³-hybridized carbons (Fsp3) is 0.0556. The lowest BCUT2D eigenvalue weighted by Gasteiger charge is -2.10. The second kappa shape index (κ2) is 7.63. The molecule has 3 rings (SSSR count). The van der Waals surface area contributed by atoms with E-state index in [0.717, 1.165) is 5.69 Å². The van der Waals surface area contributed by atoms with E-state index < -0.39 is 5.97 Å². The molecular weight excluding hydrogens is 340 g/mol. The first-order valence-corrected chi connectivity index (χ1v) is 7.83. The minimum Gasteiger partial charge on any atom is -0.465 e. The van der Waals surface area contributed by atoms with Crippen molar-refractivity contribution in [2.24, 2.45) is 0 Å². The second-order valence-corrected chi connectivity index (χ2v) is 5.47. The predicted molar refractivity (Wildman–Crippen MR) is 97.8 cm³/mol. The van der Waals surface area contributed by atoms with Crippen LogP contribution in [0.3, 0.4) is 0 Å². The monoisotopic (exact) mass is 354 g/mol. The lowest BCUT2D eigenvalue weighted by molar-refractivity contribution is 0.0601. The molecule has 0 unspecified atom stereocenters. The Bertz CT molecular complexity index is 902. The Kier molecular flexibility index (Phi) is 5.11. The summed E-state index contributed by atoms with van der Waals surface area (Å²) in [5.74, 6) is 0.576. The maximum absolute atomic E-state index is 11.6. The zero-order valence-corrected chi connectivity index (χ0v) is 14.1. The van der Waals surface area contributed by atoms with Crippen molar-refractivity contribution in [1.82, 2.24) is 9.97 Å². The van der Waals surface area contributed by atoms with Crippen molar-refractivity contribution in [2.45, 2.75) is 0 Å². The quantitative estimate of drug-likeness (QED) is 0.661. The van der Waals surface area contributed by atoms with E-state index in [-0.39, 0.29) is 0 Å². The van der Waals surface area contributed by atoms with Crippen LogP contribution in [0.5, 0.6) is 0 Å². The van der Waals surface area contributed by atoms with Crippen molar-refractivity contribution in [3.63, 3.8) is 0 Å². The molecule has 0 aliphatic heterocycles. The molecule has 0 saturated heterocycles. The van der Waals surface area contributed by atoms with Crippen LogP contribution >= 0.6 is 11.6 Å². The summed E-state index contributed by atoms with van der Waals surface area (Å²) in [6, 6.07) is 16.0. The summed E-state index contributed by atoms with van der Waals surface area (Å²) in [6.45, 7) is 0. The molecule has 0 radical (unpaired) electrons. The molecule has 0 aliphatic rings. The molecule has 6 nitrogen and oxygen atoms in total. The van der Waals surface area contributed by atoms with Crippen LogP contribution in [-0.4, -0.2) is 23.0 Å². The minimum absolute atomic E-state index is 0.388. The number of nitrogens with one attached hydrogen (secondary N) is 2. The number of benzene rings is 2. The third-order valence-electron chi connectivity index (χ3n) is 3.33. The fourth-order valence-corrected chi connectivity index (χ4v) is 2.34. The van der Waals surface area contributed by atoms with Crippen LogP contribution in [0.1, 0.15) is 10.4 Å². The van der Waals surface area contributed by atoms with Gasteiger partial charge in [-0.2, -0.15) is 4.98 Å². The molecule has 0 bridgehead atoms. The molecular formula is C18H15ClN4O2. The van der Waals surface area contributed by atoms with E-state index in [2.05, 4.69) is 20.6 Å². The average molecular weight is 355 g/mol. The van der Waals surface area contributed by atoms with E-state index in [1.807, 2.05) is 24.3 Å². The molecule has 25 heavy (non-hydrogen) atoms. The first-order valence-electron chi connectivity index (χ1n) is 7.46. The number of carbonyl (C=O) groups is 1. The summed E-state index contributed by atoms with van der Waals surface area (Å²) in [5.41, 5.74) is 1.87. The van der Waals surface area contributed by atoms with Crippen molar-refractivity contribution >= 4 is 40.7 Å². The Labute approximate surface area is 149 Å². The fourth-order valence-electron chi connectivity index (χ4n) is 2.16. The van der Waals surface area contributed by atoms with Crippen LogP contribution in [0, 0.1) is 0 Å². The number of rotatable bonds is 5. The Morgan fingerprint density at radius 3 is 2.72 bits per heavy atom. The van der Waals surface area contributed by atoms with E-state index in [1.54, 1.807) is 36.5 Å². The highest BCUT2D eigenvalue weighted by atomic mass is 35.5. The van der Waals surface area contributed by atoms with Crippen molar-refractivity contribution in [2.75, 3.05) is 17.7 Å². The Hall–Kier alpha value is -3.12. The summed E-state index contributed by atoms with van der Waals surface area (Å²) < 4.78 is 4.72. The number of hydrogen-bond donors (Lipinski definition) is 2. The highest BCUT2D eigenvalue weighted by Crippen LogP contribution is 2.24. The summed E-state index contributed by atoms with van der Waals surface area (Å²) in [5, 5.41) is 6.80. The Balaban J connectivity index is 1.78. The maximum Gasteiger partial charge on any atom is 0.337 e. The molecule has 0 atom stereocenters. The largest absolute Gasteiger partial charge is 0.465 e. The van der Waals surface area contributed by atoms with Crippen LogP contribution < -0.4 is 10.6 Å². The topological polar surface area (TPSA) is 76.1 Å². The Morgan fingerprint density at radius 2 is 1.92 bits per heavy atom. The molecule has 2 N–H and O–H groups in total. The van der Waals surface area contributed by atoms with Gasteiger partial charge in [0.25, 0.3) is 0 Å². The van der Waals surface area contributed by atoms with Gasteiger partial charge in [-0.25, -0.2) is 9.78 Å². The number of anilines is 4. The number of nitrogens with zero attached hydrogens (tertiary/aromatic N) is 2. The molecule has 0 amide bonds. The lowest BCUT2D eigenvalue weighted by atomic mass is 10.2. The number of carbonyl (C=O) groups excluding carboxylic acids is 1.